The Hall–Kier alpha value is -2.21. The van der Waals surface area contributed by atoms with Crippen LogP contribution in [0.2, 0.25) is 0 Å². The molecule has 0 saturated heterocycles. The van der Waals surface area contributed by atoms with E-state index in [1.54, 1.807) is 0 Å². The van der Waals surface area contributed by atoms with Crippen molar-refractivity contribution in [3.8, 4) is 0 Å². The van der Waals surface area contributed by atoms with Crippen LogP contribution in [0.5, 0.6) is 0 Å². The van der Waals surface area contributed by atoms with Gasteiger partial charge in [-0.25, -0.2) is 15.8 Å². The Morgan fingerprint density at radius 3 is 2.67 bits per heavy atom. The normalized spacial score (nSPS) is 10.4. The van der Waals surface area contributed by atoms with E-state index in [2.05, 4.69) is 45.6 Å². The minimum absolute atomic E-state index is 0.641. The number of rotatable bonds is 7. The third kappa shape index (κ3) is 3.66. The first-order valence-electron chi connectivity index (χ1n) is 7.27. The van der Waals surface area contributed by atoms with E-state index in [-0.39, 0.29) is 0 Å². The molecule has 2 aromatic heterocycles. The number of hydrogen-bond donors (Lipinski definition) is 3. The van der Waals surface area contributed by atoms with Gasteiger partial charge in [0.05, 0.1) is 12.2 Å². The topological polar surface area (TPSA) is 88.8 Å². The predicted octanol–water partition coefficient (Wildman–Crippen LogP) is 2.28. The molecule has 0 amide bonds. The van der Waals surface area contributed by atoms with Crippen LogP contribution in [-0.2, 0) is 19.4 Å². The van der Waals surface area contributed by atoms with Gasteiger partial charge in [-0.15, -0.1) is 0 Å². The number of nitrogens with zero attached hydrogens (tertiary/aromatic N) is 3. The minimum Gasteiger partial charge on any atom is -0.364 e. The monoisotopic (exact) mass is 286 g/mol. The van der Waals surface area contributed by atoms with Crippen LogP contribution in [-0.4, -0.2) is 15.0 Å². The van der Waals surface area contributed by atoms with E-state index < -0.39 is 0 Å². The second kappa shape index (κ2) is 7.54. The number of nitrogens with two attached hydrogens (primary N) is 1. The number of nitrogen functional groups attached to an aromatic ring is 1. The second-order valence-corrected chi connectivity index (χ2v) is 4.76. The largest absolute Gasteiger partial charge is 0.364 e. The molecule has 4 N–H and O–H groups in total. The lowest BCUT2D eigenvalue weighted by Crippen LogP contribution is -2.15. The minimum atomic E-state index is 0.641. The highest BCUT2D eigenvalue weighted by molar-refractivity contribution is 5.57. The maximum atomic E-state index is 5.52. The predicted molar refractivity (Wildman–Crippen MR) is 84.8 cm³/mol. The summed E-state index contributed by atoms with van der Waals surface area (Å²) in [6.45, 7) is 4.89. The highest BCUT2D eigenvalue weighted by atomic mass is 15.3. The Morgan fingerprint density at radius 2 is 1.95 bits per heavy atom. The van der Waals surface area contributed by atoms with Gasteiger partial charge >= 0.3 is 0 Å². The average molecular weight is 286 g/mol. The maximum Gasteiger partial charge on any atom is 0.148 e. The Bertz CT molecular complexity index is 584. The fraction of sp³-hybridized carbons (Fsp3) is 0.400. The smallest absolute Gasteiger partial charge is 0.148 e. The number of anilines is 2. The first-order valence-corrected chi connectivity index (χ1v) is 7.27. The lowest BCUT2D eigenvalue weighted by molar-refractivity contribution is 0.890. The zero-order valence-electron chi connectivity index (χ0n) is 12.6. The summed E-state index contributed by atoms with van der Waals surface area (Å²) in [5, 5.41) is 3.35. The summed E-state index contributed by atoms with van der Waals surface area (Å²) < 4.78 is 0. The van der Waals surface area contributed by atoms with Crippen molar-refractivity contribution >= 4 is 11.6 Å². The number of nitrogens with one attached hydrogen (secondary N) is 2. The first-order chi connectivity index (χ1) is 10.3. The van der Waals surface area contributed by atoms with E-state index >= 15 is 0 Å². The summed E-state index contributed by atoms with van der Waals surface area (Å²) in [7, 11) is 0. The molecule has 0 aliphatic heterocycles. The van der Waals surface area contributed by atoms with Crippen molar-refractivity contribution in [3.63, 3.8) is 0 Å². The molecule has 0 saturated carbocycles. The van der Waals surface area contributed by atoms with Gasteiger partial charge in [0.15, 0.2) is 0 Å². The summed E-state index contributed by atoms with van der Waals surface area (Å²) in [5.74, 6) is 7.01. The lowest BCUT2D eigenvalue weighted by Gasteiger charge is -2.14. The molecule has 0 aliphatic rings. The van der Waals surface area contributed by atoms with Crippen molar-refractivity contribution < 1.29 is 0 Å². The molecular formula is C15H22N6. The van der Waals surface area contributed by atoms with E-state index in [9.17, 15) is 0 Å². The Balaban J connectivity index is 2.19. The zero-order valence-corrected chi connectivity index (χ0v) is 12.6. The van der Waals surface area contributed by atoms with Crippen LogP contribution in [0.15, 0.2) is 24.7 Å². The summed E-state index contributed by atoms with van der Waals surface area (Å²) in [4.78, 5) is 12.9. The second-order valence-electron chi connectivity index (χ2n) is 4.76. The molecule has 0 bridgehead atoms. The van der Waals surface area contributed by atoms with E-state index in [1.807, 2.05) is 12.3 Å². The number of pyridine rings is 1. The van der Waals surface area contributed by atoms with Crippen molar-refractivity contribution in [3.05, 3.63) is 41.5 Å². The number of aromatic nitrogens is 3. The highest BCUT2D eigenvalue weighted by Crippen LogP contribution is 2.21. The molecular weight excluding hydrogens is 264 g/mol. The fourth-order valence-electron chi connectivity index (χ4n) is 2.30. The van der Waals surface area contributed by atoms with Crippen molar-refractivity contribution in [2.75, 3.05) is 10.7 Å². The van der Waals surface area contributed by atoms with Gasteiger partial charge in [-0.1, -0.05) is 26.3 Å². The number of hydrogen-bond acceptors (Lipinski definition) is 6. The molecule has 0 aliphatic carbocycles. The number of aryl methyl sites for hydroxylation is 1. The van der Waals surface area contributed by atoms with Gasteiger partial charge in [0.1, 0.15) is 18.0 Å². The van der Waals surface area contributed by atoms with Gasteiger partial charge in [-0.05, 0) is 24.5 Å². The summed E-state index contributed by atoms with van der Waals surface area (Å²) in [6, 6.07) is 4.07. The number of hydrazine groups is 1. The van der Waals surface area contributed by atoms with Crippen LogP contribution < -0.4 is 16.6 Å². The van der Waals surface area contributed by atoms with Gasteiger partial charge in [0.2, 0.25) is 0 Å². The summed E-state index contributed by atoms with van der Waals surface area (Å²) >= 11 is 0. The molecule has 2 heterocycles. The van der Waals surface area contributed by atoms with E-state index in [1.165, 1.54) is 11.9 Å². The molecule has 0 atom stereocenters. The third-order valence-corrected chi connectivity index (χ3v) is 3.37. The van der Waals surface area contributed by atoms with E-state index in [0.717, 1.165) is 36.3 Å². The maximum absolute atomic E-state index is 5.52. The molecule has 0 unspecified atom stereocenters. The van der Waals surface area contributed by atoms with Crippen LogP contribution in [0.3, 0.4) is 0 Å². The van der Waals surface area contributed by atoms with E-state index in [0.29, 0.717) is 12.4 Å². The van der Waals surface area contributed by atoms with Gasteiger partial charge < -0.3 is 10.7 Å². The Morgan fingerprint density at radius 1 is 1.14 bits per heavy atom. The zero-order chi connectivity index (χ0) is 15.1. The van der Waals surface area contributed by atoms with Crippen LogP contribution in [0.1, 0.15) is 37.1 Å². The molecule has 6 nitrogen and oxygen atoms in total. The molecule has 6 heteroatoms. The van der Waals surface area contributed by atoms with Crippen molar-refractivity contribution in [2.24, 2.45) is 5.84 Å². The molecule has 0 radical (unpaired) electrons. The quantitative estimate of drug-likeness (QED) is 0.534. The van der Waals surface area contributed by atoms with Gasteiger partial charge in [-0.2, -0.15) is 0 Å². The fourth-order valence-corrected chi connectivity index (χ4v) is 2.30. The van der Waals surface area contributed by atoms with Crippen LogP contribution in [0, 0.1) is 0 Å². The molecule has 0 spiro atoms. The van der Waals surface area contributed by atoms with Crippen LogP contribution in [0.4, 0.5) is 11.6 Å². The van der Waals surface area contributed by atoms with Crippen LogP contribution in [0.25, 0.3) is 0 Å². The first kappa shape index (κ1) is 15.2. The molecule has 21 heavy (non-hydrogen) atoms. The van der Waals surface area contributed by atoms with Crippen LogP contribution >= 0.6 is 0 Å². The van der Waals surface area contributed by atoms with Crippen molar-refractivity contribution in [2.45, 2.75) is 39.7 Å². The summed E-state index contributed by atoms with van der Waals surface area (Å²) in [5.41, 5.74) is 5.93. The molecule has 112 valence electrons. The molecule has 2 aromatic rings. The Kier molecular flexibility index (Phi) is 5.45. The molecule has 0 fully saturated rings. The van der Waals surface area contributed by atoms with Crippen molar-refractivity contribution in [1.82, 2.24) is 15.0 Å². The Labute approximate surface area is 125 Å². The molecule has 0 aromatic carbocycles. The third-order valence-electron chi connectivity index (χ3n) is 3.37. The summed E-state index contributed by atoms with van der Waals surface area (Å²) in [6.07, 6.45) is 6.16. The average Bonchev–Trinajstić information content (AvgIpc) is 2.54. The van der Waals surface area contributed by atoms with Gasteiger partial charge in [0.25, 0.3) is 0 Å². The van der Waals surface area contributed by atoms with E-state index in [4.69, 9.17) is 5.84 Å². The van der Waals surface area contributed by atoms with Gasteiger partial charge in [-0.3, -0.25) is 4.98 Å². The lowest BCUT2D eigenvalue weighted by atomic mass is 10.1. The SMILES string of the molecule is CCCc1c(NN)ncnc1NCc1ncccc1CC. The highest BCUT2D eigenvalue weighted by Gasteiger charge is 2.10. The molecule has 2 rings (SSSR count). The van der Waals surface area contributed by atoms with Gasteiger partial charge in [0, 0.05) is 11.8 Å². The standard InChI is InChI=1S/C15H22N6/c1-3-6-12-14(19-10-20-15(12)21-16)18-9-13-11(4-2)7-5-8-17-13/h5,7-8,10H,3-4,6,9,16H2,1-2H3,(H2,18,19,20,21). The van der Waals surface area contributed by atoms with Crippen molar-refractivity contribution in [1.29, 1.82) is 0 Å².